The summed E-state index contributed by atoms with van der Waals surface area (Å²) in [4.78, 5) is 4.21. The zero-order valence-electron chi connectivity index (χ0n) is 10.1. The Balaban J connectivity index is 2.27. The lowest BCUT2D eigenvalue weighted by atomic mass is 10.2. The number of nitrogen functional groups attached to an aromatic ring is 1. The third kappa shape index (κ3) is 3.03. The van der Waals surface area contributed by atoms with E-state index >= 15 is 0 Å². The van der Waals surface area contributed by atoms with Gasteiger partial charge in [0.1, 0.15) is 5.75 Å². The first-order valence-corrected chi connectivity index (χ1v) is 6.63. The standard InChI is InChI=1S/C13H13ClN2OS/c1-8(2)6-17-12-4-3-9(5-10(12)14)11-7-18-13(15)16-11/h3-7H,1-2H3,(H2,15,16). The van der Waals surface area contributed by atoms with E-state index in [-0.39, 0.29) is 0 Å². The summed E-state index contributed by atoms with van der Waals surface area (Å²) in [5.74, 6) is 0.629. The Bertz CT molecular complexity index is 588. The van der Waals surface area contributed by atoms with E-state index in [0.717, 1.165) is 16.8 Å². The number of thiazole rings is 1. The predicted molar refractivity (Wildman–Crippen MR) is 77.0 cm³/mol. The molecule has 0 aliphatic carbocycles. The monoisotopic (exact) mass is 280 g/mol. The Morgan fingerprint density at radius 2 is 2.22 bits per heavy atom. The molecule has 0 radical (unpaired) electrons. The van der Waals surface area contributed by atoms with Crippen LogP contribution in [0.15, 0.2) is 35.4 Å². The number of benzene rings is 1. The molecule has 3 nitrogen and oxygen atoms in total. The van der Waals surface area contributed by atoms with E-state index in [2.05, 4.69) is 4.98 Å². The predicted octanol–water partition coefficient (Wildman–Crippen LogP) is 4.35. The Kier molecular flexibility index (Phi) is 3.89. The smallest absolute Gasteiger partial charge is 0.180 e. The fourth-order valence-electron chi connectivity index (χ4n) is 1.36. The van der Waals surface area contributed by atoms with E-state index in [1.54, 1.807) is 6.26 Å². The molecule has 2 N–H and O–H groups in total. The van der Waals surface area contributed by atoms with Crippen LogP contribution in [0, 0.1) is 0 Å². The molecule has 94 valence electrons. The van der Waals surface area contributed by atoms with Crippen LogP contribution in [0.3, 0.4) is 0 Å². The molecule has 0 fully saturated rings. The van der Waals surface area contributed by atoms with E-state index in [1.807, 2.05) is 37.4 Å². The molecule has 2 aromatic rings. The lowest BCUT2D eigenvalue weighted by Gasteiger charge is -2.05. The number of allylic oxidation sites excluding steroid dienone is 1. The van der Waals surface area contributed by atoms with Crippen LogP contribution < -0.4 is 10.5 Å². The van der Waals surface area contributed by atoms with Gasteiger partial charge in [-0.25, -0.2) is 4.98 Å². The minimum Gasteiger partial charge on any atom is -0.464 e. The average Bonchev–Trinajstić information content (AvgIpc) is 2.74. The number of ether oxygens (including phenoxy) is 1. The first-order valence-electron chi connectivity index (χ1n) is 5.37. The molecule has 0 unspecified atom stereocenters. The van der Waals surface area contributed by atoms with Crippen LogP contribution in [-0.2, 0) is 0 Å². The number of aromatic nitrogens is 1. The fraction of sp³-hybridized carbons (Fsp3) is 0.154. The molecule has 18 heavy (non-hydrogen) atoms. The maximum atomic E-state index is 6.16. The lowest BCUT2D eigenvalue weighted by molar-refractivity contribution is 0.476. The lowest BCUT2D eigenvalue weighted by Crippen LogP contribution is -1.87. The highest BCUT2D eigenvalue weighted by molar-refractivity contribution is 7.13. The number of nitrogens with two attached hydrogens (primary N) is 1. The van der Waals surface area contributed by atoms with Crippen molar-refractivity contribution in [2.45, 2.75) is 13.8 Å². The van der Waals surface area contributed by atoms with Gasteiger partial charge in [0.2, 0.25) is 0 Å². The molecule has 2 rings (SSSR count). The van der Waals surface area contributed by atoms with E-state index in [1.165, 1.54) is 11.3 Å². The molecule has 0 amide bonds. The zero-order valence-corrected chi connectivity index (χ0v) is 11.7. The number of nitrogens with zero attached hydrogens (tertiary/aromatic N) is 1. The summed E-state index contributed by atoms with van der Waals surface area (Å²) < 4.78 is 5.46. The molecule has 0 spiro atoms. The summed E-state index contributed by atoms with van der Waals surface area (Å²) in [6.45, 7) is 3.92. The van der Waals surface area contributed by atoms with Gasteiger partial charge in [0.05, 0.1) is 17.0 Å². The van der Waals surface area contributed by atoms with E-state index in [9.17, 15) is 0 Å². The highest BCUT2D eigenvalue weighted by Crippen LogP contribution is 2.31. The Morgan fingerprint density at radius 1 is 1.44 bits per heavy atom. The Labute approximate surface area is 115 Å². The number of hydrogen-bond donors (Lipinski definition) is 1. The van der Waals surface area contributed by atoms with Gasteiger partial charge in [-0.3, -0.25) is 0 Å². The van der Waals surface area contributed by atoms with Crippen molar-refractivity contribution in [1.29, 1.82) is 0 Å². The van der Waals surface area contributed by atoms with Gasteiger partial charge in [0, 0.05) is 10.9 Å². The molecule has 0 atom stereocenters. The maximum Gasteiger partial charge on any atom is 0.180 e. The molecule has 0 saturated carbocycles. The third-order valence-electron chi connectivity index (χ3n) is 2.17. The summed E-state index contributed by atoms with van der Waals surface area (Å²) in [5, 5.41) is 3.00. The summed E-state index contributed by atoms with van der Waals surface area (Å²) in [6.07, 6.45) is 1.67. The van der Waals surface area contributed by atoms with Crippen LogP contribution in [0.4, 0.5) is 5.13 Å². The zero-order chi connectivity index (χ0) is 13.1. The van der Waals surface area contributed by atoms with Crippen LogP contribution >= 0.6 is 22.9 Å². The number of hydrogen-bond acceptors (Lipinski definition) is 4. The van der Waals surface area contributed by atoms with Gasteiger partial charge in [0.25, 0.3) is 0 Å². The van der Waals surface area contributed by atoms with Crippen LogP contribution in [0.5, 0.6) is 5.75 Å². The highest BCUT2D eigenvalue weighted by atomic mass is 35.5. The van der Waals surface area contributed by atoms with Gasteiger partial charge in [-0.05, 0) is 37.6 Å². The quantitative estimate of drug-likeness (QED) is 0.851. The second kappa shape index (κ2) is 5.42. The number of anilines is 1. The van der Waals surface area contributed by atoms with Crippen molar-refractivity contribution in [2.75, 3.05) is 5.73 Å². The van der Waals surface area contributed by atoms with Gasteiger partial charge < -0.3 is 10.5 Å². The molecule has 0 aliphatic heterocycles. The van der Waals surface area contributed by atoms with Gasteiger partial charge in [-0.2, -0.15) is 0 Å². The van der Waals surface area contributed by atoms with Crippen LogP contribution in [0.1, 0.15) is 13.8 Å². The number of halogens is 1. The first kappa shape index (κ1) is 12.9. The maximum absolute atomic E-state index is 6.16. The van der Waals surface area contributed by atoms with Crippen LogP contribution in [-0.4, -0.2) is 4.98 Å². The minimum atomic E-state index is 0.547. The summed E-state index contributed by atoms with van der Waals surface area (Å²) in [5.41, 5.74) is 8.43. The molecule has 0 bridgehead atoms. The SMILES string of the molecule is CC(C)=COc1ccc(-c2csc(N)n2)cc1Cl. The largest absolute Gasteiger partial charge is 0.464 e. The van der Waals surface area contributed by atoms with Gasteiger partial charge in [-0.15, -0.1) is 11.3 Å². The van der Waals surface area contributed by atoms with E-state index in [0.29, 0.717) is 15.9 Å². The minimum absolute atomic E-state index is 0.547. The van der Waals surface area contributed by atoms with Crippen molar-refractivity contribution in [3.63, 3.8) is 0 Å². The molecule has 5 heteroatoms. The van der Waals surface area contributed by atoms with Crippen molar-refractivity contribution < 1.29 is 4.74 Å². The molecule has 0 aliphatic rings. The van der Waals surface area contributed by atoms with Crippen molar-refractivity contribution in [3.05, 3.63) is 40.4 Å². The summed E-state index contributed by atoms with van der Waals surface area (Å²) in [7, 11) is 0. The fourth-order valence-corrected chi connectivity index (χ4v) is 2.15. The van der Waals surface area contributed by atoms with Crippen LogP contribution in [0.25, 0.3) is 11.3 Å². The molecule has 1 aromatic heterocycles. The second-order valence-corrected chi connectivity index (χ2v) is 5.33. The highest BCUT2D eigenvalue weighted by Gasteiger charge is 2.06. The molecule has 0 saturated heterocycles. The first-order chi connectivity index (χ1) is 8.56. The van der Waals surface area contributed by atoms with Crippen LogP contribution in [0.2, 0.25) is 5.02 Å². The third-order valence-corrected chi connectivity index (χ3v) is 3.14. The van der Waals surface area contributed by atoms with Gasteiger partial charge >= 0.3 is 0 Å². The second-order valence-electron chi connectivity index (χ2n) is 4.03. The van der Waals surface area contributed by atoms with E-state index < -0.39 is 0 Å². The molecule has 1 aromatic carbocycles. The Hall–Kier alpha value is -1.52. The topological polar surface area (TPSA) is 48.1 Å². The normalized spacial score (nSPS) is 10.2. The summed E-state index contributed by atoms with van der Waals surface area (Å²) in [6, 6.07) is 5.56. The van der Waals surface area contributed by atoms with Crippen molar-refractivity contribution in [1.82, 2.24) is 4.98 Å². The van der Waals surface area contributed by atoms with Crippen molar-refractivity contribution in [3.8, 4) is 17.0 Å². The summed E-state index contributed by atoms with van der Waals surface area (Å²) >= 11 is 7.57. The molecular weight excluding hydrogens is 268 g/mol. The molecule has 1 heterocycles. The van der Waals surface area contributed by atoms with E-state index in [4.69, 9.17) is 22.1 Å². The van der Waals surface area contributed by atoms with Crippen molar-refractivity contribution >= 4 is 28.1 Å². The molecular formula is C13H13ClN2OS. The van der Waals surface area contributed by atoms with Crippen molar-refractivity contribution in [2.24, 2.45) is 0 Å². The van der Waals surface area contributed by atoms with Gasteiger partial charge in [0.15, 0.2) is 5.13 Å². The average molecular weight is 281 g/mol. The number of rotatable bonds is 3. The Morgan fingerprint density at radius 3 is 2.78 bits per heavy atom. The van der Waals surface area contributed by atoms with Gasteiger partial charge in [-0.1, -0.05) is 11.6 Å².